The van der Waals surface area contributed by atoms with E-state index in [1.165, 1.54) is 12.1 Å². The zero-order valence-electron chi connectivity index (χ0n) is 14.7. The van der Waals surface area contributed by atoms with Crippen molar-refractivity contribution in [1.29, 1.82) is 0 Å². The van der Waals surface area contributed by atoms with Gasteiger partial charge in [0.05, 0.1) is 0 Å². The van der Waals surface area contributed by atoms with Gasteiger partial charge in [-0.2, -0.15) is 0 Å². The van der Waals surface area contributed by atoms with E-state index in [0.29, 0.717) is 24.3 Å². The summed E-state index contributed by atoms with van der Waals surface area (Å²) in [5, 5.41) is 2.80. The van der Waals surface area contributed by atoms with Gasteiger partial charge in [-0.3, -0.25) is 9.59 Å². The van der Waals surface area contributed by atoms with Crippen LogP contribution in [0.4, 0.5) is 10.1 Å². The maximum Gasteiger partial charge on any atom is 0.253 e. The number of halogens is 1. The Bertz CT molecular complexity index is 865. The first-order valence-electron chi connectivity index (χ1n) is 8.89. The molecule has 1 saturated heterocycles. The zero-order chi connectivity index (χ0) is 18.3. The van der Waals surface area contributed by atoms with E-state index in [0.717, 1.165) is 18.4 Å². The Morgan fingerprint density at radius 3 is 2.69 bits per heavy atom. The smallest absolute Gasteiger partial charge is 0.253 e. The topological polar surface area (TPSA) is 49.4 Å². The number of hydrogen-bond acceptors (Lipinski definition) is 2. The molecule has 0 radical (unpaired) electrons. The van der Waals surface area contributed by atoms with Crippen LogP contribution in [0.3, 0.4) is 0 Å². The minimum atomic E-state index is -0.371. The van der Waals surface area contributed by atoms with E-state index >= 15 is 0 Å². The second kappa shape index (κ2) is 6.24. The van der Waals surface area contributed by atoms with Crippen LogP contribution in [0.15, 0.2) is 48.5 Å². The fourth-order valence-corrected chi connectivity index (χ4v) is 3.91. The van der Waals surface area contributed by atoms with Crippen LogP contribution in [-0.2, 0) is 4.79 Å². The van der Waals surface area contributed by atoms with Crippen molar-refractivity contribution in [3.63, 3.8) is 0 Å². The third kappa shape index (κ3) is 3.09. The maximum atomic E-state index is 13.3. The van der Waals surface area contributed by atoms with Gasteiger partial charge >= 0.3 is 0 Å². The standard InChI is InChI=1S/C21H21FN2O2/c1-14-5-7-15(8-6-14)20(26)24-10-9-21(13-24)12-18(21)19(25)23-17-4-2-3-16(22)11-17/h2-8,11,18H,9-10,12-13H2,1H3,(H,23,25)/t18-,21+/m1/s1. The lowest BCUT2D eigenvalue weighted by molar-refractivity contribution is -0.118. The molecule has 2 aromatic rings. The van der Waals surface area contributed by atoms with Crippen LogP contribution in [-0.4, -0.2) is 29.8 Å². The number of aryl methyl sites for hydroxylation is 1. The summed E-state index contributed by atoms with van der Waals surface area (Å²) in [6, 6.07) is 13.5. The van der Waals surface area contributed by atoms with Crippen LogP contribution in [0.1, 0.15) is 28.8 Å². The van der Waals surface area contributed by atoms with Crippen LogP contribution < -0.4 is 5.32 Å². The number of anilines is 1. The van der Waals surface area contributed by atoms with Crippen LogP contribution in [0.5, 0.6) is 0 Å². The van der Waals surface area contributed by atoms with Gasteiger partial charge in [0.2, 0.25) is 5.91 Å². The molecule has 0 unspecified atom stereocenters. The highest BCUT2D eigenvalue weighted by Crippen LogP contribution is 2.58. The van der Waals surface area contributed by atoms with E-state index in [4.69, 9.17) is 0 Å². The lowest BCUT2D eigenvalue weighted by Crippen LogP contribution is -2.30. The van der Waals surface area contributed by atoms with Crippen molar-refractivity contribution < 1.29 is 14.0 Å². The van der Waals surface area contributed by atoms with E-state index in [2.05, 4.69) is 5.32 Å². The number of amides is 2. The molecule has 5 heteroatoms. The minimum absolute atomic E-state index is 0.0260. The summed E-state index contributed by atoms with van der Waals surface area (Å²) in [6.45, 7) is 3.28. The molecule has 134 valence electrons. The van der Waals surface area contributed by atoms with Crippen molar-refractivity contribution in [3.05, 3.63) is 65.5 Å². The Balaban J connectivity index is 1.39. The number of hydrogen-bond donors (Lipinski definition) is 1. The van der Waals surface area contributed by atoms with E-state index in [1.807, 2.05) is 36.1 Å². The monoisotopic (exact) mass is 352 g/mol. The first-order valence-corrected chi connectivity index (χ1v) is 8.89. The molecule has 1 spiro atoms. The Kier molecular flexibility index (Phi) is 4.02. The average molecular weight is 352 g/mol. The molecule has 0 bridgehead atoms. The number of rotatable bonds is 3. The summed E-state index contributed by atoms with van der Waals surface area (Å²) < 4.78 is 13.3. The summed E-state index contributed by atoms with van der Waals surface area (Å²) in [7, 11) is 0. The molecule has 4 nitrogen and oxygen atoms in total. The maximum absolute atomic E-state index is 13.3. The van der Waals surface area contributed by atoms with Crippen LogP contribution in [0.2, 0.25) is 0 Å². The van der Waals surface area contributed by atoms with Gasteiger partial charge in [0, 0.05) is 35.7 Å². The molecule has 2 amide bonds. The largest absolute Gasteiger partial charge is 0.338 e. The molecule has 1 saturated carbocycles. The number of nitrogens with zero attached hydrogens (tertiary/aromatic N) is 1. The summed E-state index contributed by atoms with van der Waals surface area (Å²) in [5.41, 5.74) is 2.17. The molecule has 0 aromatic heterocycles. The number of benzene rings is 2. The summed E-state index contributed by atoms with van der Waals surface area (Å²) in [5.74, 6) is -0.538. The van der Waals surface area contributed by atoms with Gasteiger partial charge in [0.25, 0.3) is 5.91 Å². The highest BCUT2D eigenvalue weighted by Gasteiger charge is 2.61. The summed E-state index contributed by atoms with van der Waals surface area (Å²) >= 11 is 0. The Hall–Kier alpha value is -2.69. The molecule has 4 rings (SSSR count). The van der Waals surface area contributed by atoms with E-state index in [-0.39, 0.29) is 29.0 Å². The van der Waals surface area contributed by atoms with Gasteiger partial charge in [-0.25, -0.2) is 4.39 Å². The minimum Gasteiger partial charge on any atom is -0.338 e. The van der Waals surface area contributed by atoms with Gasteiger partial charge in [-0.15, -0.1) is 0 Å². The lowest BCUT2D eigenvalue weighted by atomic mass is 10.0. The van der Waals surface area contributed by atoms with Gasteiger partial charge < -0.3 is 10.2 Å². The van der Waals surface area contributed by atoms with Crippen molar-refractivity contribution in [2.75, 3.05) is 18.4 Å². The van der Waals surface area contributed by atoms with Gasteiger partial charge in [0.1, 0.15) is 5.82 Å². The van der Waals surface area contributed by atoms with Crippen molar-refractivity contribution in [1.82, 2.24) is 4.90 Å². The van der Waals surface area contributed by atoms with E-state index < -0.39 is 0 Å². The summed E-state index contributed by atoms with van der Waals surface area (Å²) in [6.07, 6.45) is 1.62. The molecule has 2 aromatic carbocycles. The number of carbonyl (C=O) groups excluding carboxylic acids is 2. The fourth-order valence-electron chi connectivity index (χ4n) is 3.91. The SMILES string of the molecule is Cc1ccc(C(=O)N2CC[C@]3(C[C@@H]3C(=O)Nc3cccc(F)c3)C2)cc1. The highest BCUT2D eigenvalue weighted by molar-refractivity contribution is 5.96. The van der Waals surface area contributed by atoms with Gasteiger partial charge in [-0.05, 0) is 50.1 Å². The number of carbonyl (C=O) groups is 2. The first kappa shape index (κ1) is 16.8. The summed E-state index contributed by atoms with van der Waals surface area (Å²) in [4.78, 5) is 27.0. The van der Waals surface area contributed by atoms with Crippen LogP contribution >= 0.6 is 0 Å². The molecule has 2 fully saturated rings. The Labute approximate surface area is 152 Å². The second-order valence-corrected chi connectivity index (χ2v) is 7.46. The third-order valence-electron chi connectivity index (χ3n) is 5.57. The second-order valence-electron chi connectivity index (χ2n) is 7.46. The molecule has 1 aliphatic carbocycles. The van der Waals surface area contributed by atoms with Crippen molar-refractivity contribution in [2.24, 2.45) is 11.3 Å². The molecule has 2 aliphatic rings. The molecule has 26 heavy (non-hydrogen) atoms. The number of likely N-dealkylation sites (tertiary alicyclic amines) is 1. The highest BCUT2D eigenvalue weighted by atomic mass is 19.1. The van der Waals surface area contributed by atoms with Crippen LogP contribution in [0.25, 0.3) is 0 Å². The molecule has 1 aliphatic heterocycles. The number of nitrogens with one attached hydrogen (secondary N) is 1. The van der Waals surface area contributed by atoms with Gasteiger partial charge in [0.15, 0.2) is 0 Å². The lowest BCUT2D eigenvalue weighted by Gasteiger charge is -2.17. The Morgan fingerprint density at radius 1 is 1.19 bits per heavy atom. The third-order valence-corrected chi connectivity index (χ3v) is 5.57. The predicted octanol–water partition coefficient (Wildman–Crippen LogP) is 3.63. The normalized spacial score (nSPS) is 23.9. The predicted molar refractivity (Wildman–Crippen MR) is 97.3 cm³/mol. The van der Waals surface area contributed by atoms with E-state index in [1.54, 1.807) is 12.1 Å². The van der Waals surface area contributed by atoms with Crippen molar-refractivity contribution in [3.8, 4) is 0 Å². The van der Waals surface area contributed by atoms with Crippen molar-refractivity contribution >= 4 is 17.5 Å². The molecule has 2 atom stereocenters. The first-order chi connectivity index (χ1) is 12.5. The zero-order valence-corrected chi connectivity index (χ0v) is 14.7. The fraction of sp³-hybridized carbons (Fsp3) is 0.333. The molecular weight excluding hydrogens is 331 g/mol. The molecule has 1 heterocycles. The van der Waals surface area contributed by atoms with Crippen LogP contribution in [0, 0.1) is 24.1 Å². The Morgan fingerprint density at radius 2 is 1.96 bits per heavy atom. The van der Waals surface area contributed by atoms with E-state index in [9.17, 15) is 14.0 Å². The average Bonchev–Trinajstić information content (AvgIpc) is 3.15. The van der Waals surface area contributed by atoms with Gasteiger partial charge in [-0.1, -0.05) is 23.8 Å². The molecular formula is C21H21FN2O2. The van der Waals surface area contributed by atoms with Crippen molar-refractivity contribution in [2.45, 2.75) is 19.8 Å². The molecule has 1 N–H and O–H groups in total. The quantitative estimate of drug-likeness (QED) is 0.917.